The second kappa shape index (κ2) is 6.85. The number of oxazole rings is 1. The highest BCUT2D eigenvalue weighted by atomic mass is 32.2. The number of aromatic nitrogens is 4. The first-order valence-electron chi connectivity index (χ1n) is 8.89. The van der Waals surface area contributed by atoms with Gasteiger partial charge >= 0.3 is 0 Å². The lowest BCUT2D eigenvalue weighted by Crippen LogP contribution is -2.10. The molecule has 0 fully saturated rings. The van der Waals surface area contributed by atoms with Gasteiger partial charge in [-0.3, -0.25) is 0 Å². The fraction of sp³-hybridized carbons (Fsp3) is 0.286. The van der Waals surface area contributed by atoms with Gasteiger partial charge in [-0.2, -0.15) is 0 Å². The summed E-state index contributed by atoms with van der Waals surface area (Å²) in [6.07, 6.45) is 0. The molecule has 0 aliphatic carbocycles. The molecule has 2 heterocycles. The molecule has 0 bridgehead atoms. The van der Waals surface area contributed by atoms with E-state index in [0.29, 0.717) is 11.6 Å². The summed E-state index contributed by atoms with van der Waals surface area (Å²) in [6.45, 7) is 6.64. The molecule has 0 spiro atoms. The van der Waals surface area contributed by atoms with Gasteiger partial charge in [-0.05, 0) is 23.1 Å². The number of nitrogens with zero attached hydrogens (tertiary/aromatic N) is 4. The zero-order valence-electron chi connectivity index (χ0n) is 15.9. The van der Waals surface area contributed by atoms with E-state index in [2.05, 4.69) is 60.2 Å². The number of thioether (sulfide) groups is 1. The summed E-state index contributed by atoms with van der Waals surface area (Å²) in [5.74, 6) is 2.17. The Morgan fingerprint density at radius 3 is 2.44 bits per heavy atom. The monoisotopic (exact) mass is 378 g/mol. The predicted molar refractivity (Wildman–Crippen MR) is 109 cm³/mol. The quantitative estimate of drug-likeness (QED) is 0.456. The lowest BCUT2D eigenvalue weighted by atomic mass is 9.87. The first-order chi connectivity index (χ1) is 12.9. The van der Waals surface area contributed by atoms with Crippen molar-refractivity contribution < 1.29 is 4.42 Å². The maximum absolute atomic E-state index is 5.78. The fourth-order valence-electron chi connectivity index (χ4n) is 2.92. The van der Waals surface area contributed by atoms with Crippen LogP contribution < -0.4 is 0 Å². The zero-order chi connectivity index (χ0) is 19.0. The maximum atomic E-state index is 5.78. The highest BCUT2D eigenvalue weighted by molar-refractivity contribution is 7.98. The molecule has 0 saturated carbocycles. The van der Waals surface area contributed by atoms with E-state index in [1.54, 1.807) is 11.8 Å². The molecule has 0 atom stereocenters. The molecule has 4 aromatic rings. The summed E-state index contributed by atoms with van der Waals surface area (Å²) >= 11 is 1.57. The average molecular weight is 379 g/mol. The zero-order valence-corrected chi connectivity index (χ0v) is 16.7. The molecule has 0 N–H and O–H groups in total. The summed E-state index contributed by atoms with van der Waals surface area (Å²) in [5, 5.41) is 9.55. The van der Waals surface area contributed by atoms with Gasteiger partial charge in [0.05, 0.1) is 5.75 Å². The first kappa shape index (κ1) is 17.8. The molecular formula is C21H22N4OS. The van der Waals surface area contributed by atoms with Crippen LogP contribution >= 0.6 is 11.8 Å². The maximum Gasteiger partial charge on any atom is 0.205 e. The molecule has 6 heteroatoms. The minimum absolute atomic E-state index is 0.138. The van der Waals surface area contributed by atoms with Crippen molar-refractivity contribution in [1.29, 1.82) is 0 Å². The molecular weight excluding hydrogens is 356 g/mol. The molecule has 5 nitrogen and oxygen atoms in total. The van der Waals surface area contributed by atoms with Gasteiger partial charge in [0, 0.05) is 12.6 Å². The van der Waals surface area contributed by atoms with Crippen LogP contribution in [0.15, 0.2) is 58.1 Å². The Balaban J connectivity index is 1.51. The number of hydrogen-bond donors (Lipinski definition) is 0. The van der Waals surface area contributed by atoms with Crippen LogP contribution in [-0.2, 0) is 18.2 Å². The Morgan fingerprint density at radius 2 is 1.74 bits per heavy atom. The van der Waals surface area contributed by atoms with Gasteiger partial charge in [0.15, 0.2) is 16.6 Å². The number of rotatable bonds is 4. The first-order valence-corrected chi connectivity index (χ1v) is 9.88. The third-order valence-electron chi connectivity index (χ3n) is 4.51. The lowest BCUT2D eigenvalue weighted by Gasteiger charge is -2.19. The van der Waals surface area contributed by atoms with Crippen LogP contribution in [0, 0.1) is 0 Å². The Morgan fingerprint density at radius 1 is 1.00 bits per heavy atom. The minimum Gasteiger partial charge on any atom is -0.440 e. The molecule has 2 aromatic carbocycles. The van der Waals surface area contributed by atoms with Crippen LogP contribution in [0.2, 0.25) is 0 Å². The van der Waals surface area contributed by atoms with Crippen LogP contribution in [0.1, 0.15) is 32.2 Å². The molecule has 27 heavy (non-hydrogen) atoms. The third-order valence-corrected chi connectivity index (χ3v) is 5.51. The SMILES string of the molecule is Cn1c(SCc2nc3ccccc3o2)nnc1-c1ccc(C(C)(C)C)cc1. The molecule has 0 aliphatic rings. The molecule has 0 unspecified atom stereocenters. The Hall–Kier alpha value is -2.60. The van der Waals surface area contributed by atoms with Gasteiger partial charge in [-0.25, -0.2) is 4.98 Å². The summed E-state index contributed by atoms with van der Waals surface area (Å²) in [5.41, 5.74) is 4.20. The standard InChI is InChI=1S/C21H22N4OS/c1-21(2,3)15-11-9-14(10-12-15)19-23-24-20(25(19)4)27-13-18-22-16-7-5-6-8-17(16)26-18/h5-12H,13H2,1-4H3. The van der Waals surface area contributed by atoms with Crippen molar-refractivity contribution in [3.05, 3.63) is 60.0 Å². The Bertz CT molecular complexity index is 1040. The largest absolute Gasteiger partial charge is 0.440 e. The normalized spacial score (nSPS) is 12.0. The van der Waals surface area contributed by atoms with Gasteiger partial charge in [-0.15, -0.1) is 10.2 Å². The molecule has 2 aromatic heterocycles. The fourth-order valence-corrected chi connectivity index (χ4v) is 3.67. The molecule has 0 saturated heterocycles. The lowest BCUT2D eigenvalue weighted by molar-refractivity contribution is 0.555. The molecule has 138 valence electrons. The van der Waals surface area contributed by atoms with E-state index in [-0.39, 0.29) is 5.41 Å². The van der Waals surface area contributed by atoms with Crippen LogP contribution in [0.25, 0.3) is 22.5 Å². The van der Waals surface area contributed by atoms with Crippen molar-refractivity contribution in [3.8, 4) is 11.4 Å². The highest BCUT2D eigenvalue weighted by Crippen LogP contribution is 2.28. The Labute approximate surface area is 162 Å². The van der Waals surface area contributed by atoms with Crippen molar-refractivity contribution in [2.24, 2.45) is 7.05 Å². The van der Waals surface area contributed by atoms with Crippen molar-refractivity contribution in [2.45, 2.75) is 37.1 Å². The van der Waals surface area contributed by atoms with E-state index in [1.807, 2.05) is 35.9 Å². The van der Waals surface area contributed by atoms with Gasteiger partial charge < -0.3 is 8.98 Å². The van der Waals surface area contributed by atoms with Gasteiger partial charge in [0.1, 0.15) is 5.52 Å². The summed E-state index contributed by atoms with van der Waals surface area (Å²) in [7, 11) is 1.99. The predicted octanol–water partition coefficient (Wildman–Crippen LogP) is 5.21. The molecule has 0 aliphatic heterocycles. The molecule has 4 rings (SSSR count). The van der Waals surface area contributed by atoms with E-state index in [4.69, 9.17) is 4.42 Å². The van der Waals surface area contributed by atoms with Crippen LogP contribution in [0.5, 0.6) is 0 Å². The smallest absolute Gasteiger partial charge is 0.205 e. The van der Waals surface area contributed by atoms with E-state index in [9.17, 15) is 0 Å². The van der Waals surface area contributed by atoms with E-state index in [1.165, 1.54) is 5.56 Å². The van der Waals surface area contributed by atoms with Crippen molar-refractivity contribution >= 4 is 22.9 Å². The second-order valence-electron chi connectivity index (χ2n) is 7.56. The molecule has 0 amide bonds. The van der Waals surface area contributed by atoms with E-state index >= 15 is 0 Å². The minimum atomic E-state index is 0.138. The molecule has 0 radical (unpaired) electrons. The van der Waals surface area contributed by atoms with Gasteiger partial charge in [-0.1, -0.05) is 68.9 Å². The van der Waals surface area contributed by atoms with Crippen molar-refractivity contribution in [1.82, 2.24) is 19.7 Å². The number of fused-ring (bicyclic) bond motifs is 1. The third kappa shape index (κ3) is 3.62. The van der Waals surface area contributed by atoms with Crippen LogP contribution in [-0.4, -0.2) is 19.7 Å². The topological polar surface area (TPSA) is 56.7 Å². The Kier molecular flexibility index (Phi) is 4.52. The number of para-hydroxylation sites is 2. The van der Waals surface area contributed by atoms with Gasteiger partial charge in [0.2, 0.25) is 5.89 Å². The van der Waals surface area contributed by atoms with Gasteiger partial charge in [0.25, 0.3) is 0 Å². The van der Waals surface area contributed by atoms with Crippen molar-refractivity contribution in [2.75, 3.05) is 0 Å². The van der Waals surface area contributed by atoms with E-state index in [0.717, 1.165) is 27.6 Å². The summed E-state index contributed by atoms with van der Waals surface area (Å²) in [6, 6.07) is 16.3. The van der Waals surface area contributed by atoms with Crippen molar-refractivity contribution in [3.63, 3.8) is 0 Å². The average Bonchev–Trinajstić information content (AvgIpc) is 3.22. The number of hydrogen-bond acceptors (Lipinski definition) is 5. The van der Waals surface area contributed by atoms with E-state index < -0.39 is 0 Å². The number of benzene rings is 2. The van der Waals surface area contributed by atoms with Crippen LogP contribution in [0.4, 0.5) is 0 Å². The summed E-state index contributed by atoms with van der Waals surface area (Å²) in [4.78, 5) is 4.51. The summed E-state index contributed by atoms with van der Waals surface area (Å²) < 4.78 is 7.79. The highest BCUT2D eigenvalue weighted by Gasteiger charge is 2.16. The van der Waals surface area contributed by atoms with Crippen LogP contribution in [0.3, 0.4) is 0 Å². The second-order valence-corrected chi connectivity index (χ2v) is 8.50.